The van der Waals surface area contributed by atoms with E-state index in [0.29, 0.717) is 15.7 Å². The fourth-order valence-electron chi connectivity index (χ4n) is 2.20. The molecule has 3 rings (SSSR count). The monoisotopic (exact) mass is 493 g/mol. The van der Waals surface area contributed by atoms with Gasteiger partial charge in [-0.2, -0.15) is 0 Å². The van der Waals surface area contributed by atoms with Crippen molar-refractivity contribution in [2.24, 2.45) is 0 Å². The molecule has 21 heavy (non-hydrogen) atoms. The van der Waals surface area contributed by atoms with Crippen LogP contribution in [-0.2, 0) is 0 Å². The summed E-state index contributed by atoms with van der Waals surface area (Å²) in [7, 11) is 0. The minimum atomic E-state index is -0.175. The van der Waals surface area contributed by atoms with Crippen LogP contribution in [-0.4, -0.2) is 4.57 Å². The maximum atomic E-state index is 12.4. The van der Waals surface area contributed by atoms with Crippen molar-refractivity contribution in [3.8, 4) is 5.69 Å². The number of hydrogen-bond acceptors (Lipinski definition) is 1. The number of aromatic nitrogens is 1. The summed E-state index contributed by atoms with van der Waals surface area (Å²) in [5.74, 6) is 0. The lowest BCUT2D eigenvalue weighted by molar-refractivity contribution is 1.04. The number of rotatable bonds is 1. The van der Waals surface area contributed by atoms with E-state index in [9.17, 15) is 4.79 Å². The van der Waals surface area contributed by atoms with Crippen LogP contribution in [0.25, 0.3) is 16.6 Å². The molecule has 106 valence electrons. The maximum absolute atomic E-state index is 12.4. The highest BCUT2D eigenvalue weighted by atomic mass is 127. The summed E-state index contributed by atoms with van der Waals surface area (Å²) >= 11 is 18.3. The third-order valence-corrected chi connectivity index (χ3v) is 4.98. The Hall–Kier alpha value is -0.560. The number of pyridine rings is 1. The van der Waals surface area contributed by atoms with Crippen molar-refractivity contribution in [1.82, 2.24) is 4.57 Å². The lowest BCUT2D eigenvalue weighted by Crippen LogP contribution is -2.18. The second-order valence-corrected chi connectivity index (χ2v) is 7.31. The number of benzene rings is 2. The molecule has 0 fully saturated rings. The van der Waals surface area contributed by atoms with E-state index in [0.717, 1.165) is 18.9 Å². The first-order chi connectivity index (χ1) is 9.99. The van der Waals surface area contributed by atoms with Crippen LogP contribution in [0.1, 0.15) is 0 Å². The number of para-hydroxylation sites is 1. The van der Waals surface area contributed by atoms with Gasteiger partial charge in [-0.25, -0.2) is 0 Å². The zero-order valence-corrected chi connectivity index (χ0v) is 15.7. The van der Waals surface area contributed by atoms with Gasteiger partial charge in [0.25, 0.3) is 5.56 Å². The predicted molar refractivity (Wildman–Crippen MR) is 100.0 cm³/mol. The summed E-state index contributed by atoms with van der Waals surface area (Å²) in [6.45, 7) is 0. The normalized spacial score (nSPS) is 11.0. The Labute approximate surface area is 152 Å². The van der Waals surface area contributed by atoms with Crippen LogP contribution in [0.3, 0.4) is 0 Å². The Balaban J connectivity index is 2.53. The highest BCUT2D eigenvalue weighted by molar-refractivity contribution is 14.1. The molecule has 0 aliphatic heterocycles. The summed E-state index contributed by atoms with van der Waals surface area (Å²) in [6, 6.07) is 12.4. The molecule has 0 aliphatic carbocycles. The van der Waals surface area contributed by atoms with E-state index in [2.05, 4.69) is 38.5 Å². The topological polar surface area (TPSA) is 22.0 Å². The van der Waals surface area contributed by atoms with Gasteiger partial charge in [0.15, 0.2) is 0 Å². The molecule has 1 heterocycles. The number of nitrogens with zero attached hydrogens (tertiary/aromatic N) is 1. The number of hydrogen-bond donors (Lipinski definition) is 0. The van der Waals surface area contributed by atoms with Crippen LogP contribution in [0.5, 0.6) is 0 Å². The van der Waals surface area contributed by atoms with Crippen LogP contribution in [0.2, 0.25) is 10.0 Å². The van der Waals surface area contributed by atoms with Gasteiger partial charge in [-0.05, 0) is 52.9 Å². The second kappa shape index (κ2) is 5.91. The first-order valence-corrected chi connectivity index (χ1v) is 8.57. The van der Waals surface area contributed by atoms with Crippen molar-refractivity contribution in [1.29, 1.82) is 0 Å². The molecule has 0 saturated carbocycles. The summed E-state index contributed by atoms with van der Waals surface area (Å²) in [4.78, 5) is 12.4. The second-order valence-electron chi connectivity index (χ2n) is 4.40. The molecular weight excluding hydrogens is 488 g/mol. The molecule has 0 bridgehead atoms. The van der Waals surface area contributed by atoms with Gasteiger partial charge in [0, 0.05) is 19.5 Å². The summed E-state index contributed by atoms with van der Waals surface area (Å²) in [6.07, 6.45) is 0. The Morgan fingerprint density at radius 1 is 1.05 bits per heavy atom. The zero-order valence-electron chi connectivity index (χ0n) is 10.4. The Kier molecular flexibility index (Phi) is 4.32. The molecule has 3 aromatic rings. The first kappa shape index (κ1) is 15.3. The third-order valence-electron chi connectivity index (χ3n) is 3.09. The van der Waals surface area contributed by atoms with Gasteiger partial charge in [-0.3, -0.25) is 9.36 Å². The summed E-state index contributed by atoms with van der Waals surface area (Å²) < 4.78 is 3.48. The average molecular weight is 495 g/mol. The molecule has 0 saturated heterocycles. The van der Waals surface area contributed by atoms with E-state index in [1.54, 1.807) is 28.8 Å². The maximum Gasteiger partial charge on any atom is 0.255 e. The number of fused-ring (bicyclic) bond motifs is 1. The molecule has 6 heteroatoms. The average Bonchev–Trinajstić information content (AvgIpc) is 2.40. The van der Waals surface area contributed by atoms with Crippen molar-refractivity contribution >= 4 is 72.6 Å². The van der Waals surface area contributed by atoms with Crippen LogP contribution in [0, 0.1) is 3.57 Å². The SMILES string of the molecule is O=c1ccc2c(Br)cc(I)cc2n1-c1c(Cl)cccc1Cl. The molecule has 2 nitrogen and oxygen atoms in total. The zero-order chi connectivity index (χ0) is 15.1. The smallest absolute Gasteiger partial charge is 0.255 e. The van der Waals surface area contributed by atoms with Crippen molar-refractivity contribution in [2.75, 3.05) is 0 Å². The Morgan fingerprint density at radius 2 is 1.71 bits per heavy atom. The van der Waals surface area contributed by atoms with E-state index in [4.69, 9.17) is 23.2 Å². The van der Waals surface area contributed by atoms with E-state index < -0.39 is 0 Å². The molecule has 0 spiro atoms. The van der Waals surface area contributed by atoms with E-state index >= 15 is 0 Å². The van der Waals surface area contributed by atoms with Gasteiger partial charge in [-0.1, -0.05) is 45.2 Å². The molecule has 0 radical (unpaired) electrons. The van der Waals surface area contributed by atoms with Gasteiger partial charge < -0.3 is 0 Å². The lowest BCUT2D eigenvalue weighted by atomic mass is 10.2. The minimum Gasteiger partial charge on any atom is -0.274 e. The van der Waals surface area contributed by atoms with Gasteiger partial charge in [0.2, 0.25) is 0 Å². The van der Waals surface area contributed by atoms with Gasteiger partial charge in [0.05, 0.1) is 21.2 Å². The van der Waals surface area contributed by atoms with E-state index in [1.807, 2.05) is 12.1 Å². The third kappa shape index (κ3) is 2.74. The van der Waals surface area contributed by atoms with Gasteiger partial charge in [-0.15, -0.1) is 0 Å². The lowest BCUT2D eigenvalue weighted by Gasteiger charge is -2.14. The summed E-state index contributed by atoms with van der Waals surface area (Å²) in [5, 5.41) is 1.80. The molecule has 0 atom stereocenters. The molecule has 2 aromatic carbocycles. The Bertz CT molecular complexity index is 903. The fraction of sp³-hybridized carbons (Fsp3) is 0. The van der Waals surface area contributed by atoms with Crippen molar-refractivity contribution in [3.05, 3.63) is 70.9 Å². The van der Waals surface area contributed by atoms with E-state index in [1.165, 1.54) is 6.07 Å². The highest BCUT2D eigenvalue weighted by Crippen LogP contribution is 2.32. The van der Waals surface area contributed by atoms with Crippen LogP contribution in [0.4, 0.5) is 0 Å². The van der Waals surface area contributed by atoms with Crippen molar-refractivity contribution in [3.63, 3.8) is 0 Å². The molecule has 0 aliphatic rings. The van der Waals surface area contributed by atoms with Crippen molar-refractivity contribution in [2.45, 2.75) is 0 Å². The first-order valence-electron chi connectivity index (χ1n) is 5.94. The molecule has 0 unspecified atom stereocenters. The molecule has 1 aromatic heterocycles. The van der Waals surface area contributed by atoms with Crippen LogP contribution < -0.4 is 5.56 Å². The van der Waals surface area contributed by atoms with Gasteiger partial charge in [0.1, 0.15) is 0 Å². The Morgan fingerprint density at radius 3 is 2.38 bits per heavy atom. The summed E-state index contributed by atoms with van der Waals surface area (Å²) in [5.41, 5.74) is 1.09. The van der Waals surface area contributed by atoms with Gasteiger partial charge >= 0.3 is 0 Å². The predicted octanol–water partition coefficient (Wildman–Crippen LogP) is 5.66. The standard InChI is InChI=1S/C15H7BrCl2INO/c16-10-6-8(19)7-13-9(10)4-5-14(21)20(13)15-11(17)2-1-3-12(15)18/h1-7H. The quantitative estimate of drug-likeness (QED) is 0.400. The minimum absolute atomic E-state index is 0.175. The van der Waals surface area contributed by atoms with Crippen molar-refractivity contribution < 1.29 is 0 Å². The fourth-order valence-corrected chi connectivity index (χ4v) is 4.39. The molecular formula is C15H7BrCl2INO. The van der Waals surface area contributed by atoms with Crippen LogP contribution in [0.15, 0.2) is 51.7 Å². The molecule has 0 amide bonds. The van der Waals surface area contributed by atoms with E-state index in [-0.39, 0.29) is 5.56 Å². The van der Waals surface area contributed by atoms with Crippen LogP contribution >= 0.6 is 61.7 Å². The number of halogens is 4. The largest absolute Gasteiger partial charge is 0.274 e. The highest BCUT2D eigenvalue weighted by Gasteiger charge is 2.14. The molecule has 0 N–H and O–H groups in total.